The van der Waals surface area contributed by atoms with Gasteiger partial charge in [0.25, 0.3) is 15.9 Å². The number of amides is 4. The van der Waals surface area contributed by atoms with E-state index in [0.717, 1.165) is 42.0 Å². The number of nitrogens with one attached hydrogen (secondary N) is 3. The Hall–Kier alpha value is -4.98. The molecule has 282 valence electrons. The summed E-state index contributed by atoms with van der Waals surface area (Å²) in [4.78, 5) is 61.2. The molecular weight excluding hydrogens is 699 g/mol. The lowest BCUT2D eigenvalue weighted by molar-refractivity contribution is -0.141. The predicted molar refractivity (Wildman–Crippen MR) is 197 cm³/mol. The minimum absolute atomic E-state index is 0.000221. The van der Waals surface area contributed by atoms with Crippen molar-refractivity contribution in [2.75, 3.05) is 13.2 Å². The maximum atomic E-state index is 14.3. The number of fused-ring (bicyclic) bond motifs is 3. The minimum Gasteiger partial charge on any atom is -0.472 e. The van der Waals surface area contributed by atoms with Crippen LogP contribution in [0.15, 0.2) is 72.3 Å². The number of cyclic esters (lactones) is 1. The van der Waals surface area contributed by atoms with Gasteiger partial charge < -0.3 is 25.0 Å². The van der Waals surface area contributed by atoms with Gasteiger partial charge in [0.05, 0.1) is 18.0 Å². The fourth-order valence-electron chi connectivity index (χ4n) is 7.26. The number of ether oxygens (including phenoxy) is 2. The first-order valence-corrected chi connectivity index (χ1v) is 19.8. The summed E-state index contributed by atoms with van der Waals surface area (Å²) in [6, 6.07) is 12.2. The van der Waals surface area contributed by atoms with Crippen LogP contribution in [0.5, 0.6) is 5.88 Å². The molecule has 2 aromatic carbocycles. The van der Waals surface area contributed by atoms with Gasteiger partial charge in [-0.25, -0.2) is 22.9 Å². The molecular formula is C39H47N5O8S. The SMILES string of the molecule is C=C[C@@H]1CC1(NC(=O)[C@@H]1C[C@@H]2CN1C(=O)[C@H](CCCC)NC(=O)OCCCCCc1ccc3ccnc(c3c1)O2)C(=O)NS(=O)(=O)c1ccccc1C. The van der Waals surface area contributed by atoms with Crippen LogP contribution in [0.1, 0.15) is 69.4 Å². The molecule has 1 aliphatic carbocycles. The number of hydrogen-bond acceptors (Lipinski definition) is 9. The molecule has 2 fully saturated rings. The van der Waals surface area contributed by atoms with Crippen LogP contribution in [0.4, 0.5) is 4.79 Å². The topological polar surface area (TPSA) is 173 Å². The molecule has 0 radical (unpaired) electrons. The van der Waals surface area contributed by atoms with Gasteiger partial charge in [-0.2, -0.15) is 0 Å². The molecule has 6 rings (SSSR count). The van der Waals surface area contributed by atoms with Crippen molar-refractivity contribution < 1.29 is 37.1 Å². The molecule has 0 spiro atoms. The molecule has 53 heavy (non-hydrogen) atoms. The first-order chi connectivity index (χ1) is 25.5. The summed E-state index contributed by atoms with van der Waals surface area (Å²) in [7, 11) is -4.27. The highest BCUT2D eigenvalue weighted by Crippen LogP contribution is 2.45. The van der Waals surface area contributed by atoms with Gasteiger partial charge >= 0.3 is 6.09 Å². The van der Waals surface area contributed by atoms with E-state index in [1.165, 1.54) is 17.0 Å². The number of hydrogen-bond donors (Lipinski definition) is 3. The van der Waals surface area contributed by atoms with Crippen molar-refractivity contribution in [1.82, 2.24) is 25.2 Å². The third-order valence-corrected chi connectivity index (χ3v) is 11.9. The maximum Gasteiger partial charge on any atom is 0.407 e. The fraction of sp³-hybridized carbons (Fsp3) is 0.462. The Morgan fingerprint density at radius 2 is 1.94 bits per heavy atom. The van der Waals surface area contributed by atoms with E-state index in [1.807, 2.05) is 25.1 Å². The molecule has 1 aromatic heterocycles. The Bertz CT molecular complexity index is 2000. The summed E-state index contributed by atoms with van der Waals surface area (Å²) < 4.78 is 40.7. The highest BCUT2D eigenvalue weighted by atomic mass is 32.2. The lowest BCUT2D eigenvalue weighted by atomic mass is 10.0. The van der Waals surface area contributed by atoms with E-state index in [2.05, 4.69) is 33.0 Å². The van der Waals surface area contributed by atoms with Gasteiger partial charge in [0, 0.05) is 23.9 Å². The molecule has 3 N–H and O–H groups in total. The van der Waals surface area contributed by atoms with E-state index in [0.29, 0.717) is 30.7 Å². The number of benzene rings is 2. The molecule has 4 amide bonds. The Kier molecular flexibility index (Phi) is 11.4. The first-order valence-electron chi connectivity index (χ1n) is 18.3. The summed E-state index contributed by atoms with van der Waals surface area (Å²) in [5, 5.41) is 7.28. The maximum absolute atomic E-state index is 14.3. The number of carbonyl (C=O) groups excluding carboxylic acids is 4. The van der Waals surface area contributed by atoms with Crippen molar-refractivity contribution in [3.63, 3.8) is 0 Å². The zero-order valence-electron chi connectivity index (χ0n) is 30.1. The molecule has 4 bridgehead atoms. The number of carbonyl (C=O) groups is 4. The molecule has 3 heterocycles. The third-order valence-electron chi connectivity index (χ3n) is 10.4. The van der Waals surface area contributed by atoms with E-state index in [1.54, 1.807) is 31.3 Å². The molecule has 3 aromatic rings. The molecule has 3 aliphatic rings. The van der Waals surface area contributed by atoms with E-state index in [9.17, 15) is 27.6 Å². The average molecular weight is 746 g/mol. The van der Waals surface area contributed by atoms with Gasteiger partial charge in [-0.3, -0.25) is 14.4 Å². The molecule has 13 nitrogen and oxygen atoms in total. The number of aryl methyl sites for hydroxylation is 2. The smallest absolute Gasteiger partial charge is 0.407 e. The van der Waals surface area contributed by atoms with Crippen LogP contribution in [0.25, 0.3) is 10.8 Å². The summed E-state index contributed by atoms with van der Waals surface area (Å²) in [5.74, 6) is -2.23. The quantitative estimate of drug-likeness (QED) is 0.267. The van der Waals surface area contributed by atoms with Crippen LogP contribution in [0, 0.1) is 12.8 Å². The van der Waals surface area contributed by atoms with Crippen molar-refractivity contribution in [3.8, 4) is 5.88 Å². The second-order valence-electron chi connectivity index (χ2n) is 14.1. The number of alkyl carbamates (subject to hydrolysis) is 1. The zero-order chi connectivity index (χ0) is 37.8. The van der Waals surface area contributed by atoms with Crippen molar-refractivity contribution in [3.05, 3.63) is 78.5 Å². The van der Waals surface area contributed by atoms with Gasteiger partial charge in [0.2, 0.25) is 17.7 Å². The Morgan fingerprint density at radius 3 is 2.70 bits per heavy atom. The summed E-state index contributed by atoms with van der Waals surface area (Å²) in [5.41, 5.74) is -0.0531. The normalized spacial score (nSPS) is 25.0. The van der Waals surface area contributed by atoms with E-state index < -0.39 is 63.5 Å². The molecule has 5 atom stereocenters. The summed E-state index contributed by atoms with van der Waals surface area (Å²) >= 11 is 0. The zero-order valence-corrected chi connectivity index (χ0v) is 31.0. The number of unbranched alkanes of at least 4 members (excludes halogenated alkanes) is 1. The van der Waals surface area contributed by atoms with Gasteiger partial charge in [-0.1, -0.05) is 56.2 Å². The Balaban J connectivity index is 1.31. The number of aromatic nitrogens is 1. The van der Waals surface area contributed by atoms with Crippen molar-refractivity contribution in [2.45, 2.75) is 100 Å². The molecule has 2 aliphatic heterocycles. The third kappa shape index (κ3) is 8.32. The number of rotatable bonds is 9. The lowest BCUT2D eigenvalue weighted by Crippen LogP contribution is -2.58. The van der Waals surface area contributed by atoms with Crippen molar-refractivity contribution in [2.24, 2.45) is 5.92 Å². The second kappa shape index (κ2) is 15.9. The van der Waals surface area contributed by atoms with Gasteiger partial charge in [-0.15, -0.1) is 6.58 Å². The first kappa shape index (κ1) is 37.8. The van der Waals surface area contributed by atoms with E-state index >= 15 is 0 Å². The van der Waals surface area contributed by atoms with Gasteiger partial charge in [0.1, 0.15) is 23.7 Å². The standard InChI is InChI=1S/C39H47N5O8S/c1-4-6-14-31-36(46)44-24-29(52-35-30-21-26(16-17-27(30)18-19-40-35)13-8-7-11-20-51-38(48)41-31)22-32(44)34(45)42-39(23-28(39)5-2)37(47)43-53(49,50)33-15-10-9-12-25(33)3/h5,9-10,12,15-19,21,28-29,31-32H,2,4,6-8,11,13-14,20,22-24H2,1,3H3,(H,41,48)(H,42,45)(H,43,47)/t28-,29-,31+,32+,39?/m1/s1. The highest BCUT2D eigenvalue weighted by Gasteiger charge is 2.61. The summed E-state index contributed by atoms with van der Waals surface area (Å²) in [6.45, 7) is 7.58. The van der Waals surface area contributed by atoms with Crippen LogP contribution in [-0.4, -0.2) is 79.0 Å². The lowest BCUT2D eigenvalue weighted by Gasteiger charge is -2.29. The van der Waals surface area contributed by atoms with Crippen LogP contribution >= 0.6 is 0 Å². The second-order valence-corrected chi connectivity index (χ2v) is 15.8. The monoisotopic (exact) mass is 745 g/mol. The van der Waals surface area contributed by atoms with Crippen LogP contribution < -0.4 is 20.1 Å². The van der Waals surface area contributed by atoms with Crippen LogP contribution in [0.3, 0.4) is 0 Å². The highest BCUT2D eigenvalue weighted by molar-refractivity contribution is 7.90. The number of pyridine rings is 1. The molecule has 14 heteroatoms. The number of nitrogens with zero attached hydrogens (tertiary/aromatic N) is 2. The molecule has 1 unspecified atom stereocenters. The minimum atomic E-state index is -4.27. The Labute approximate surface area is 309 Å². The predicted octanol–water partition coefficient (Wildman–Crippen LogP) is 4.47. The fourth-order valence-corrected chi connectivity index (χ4v) is 8.54. The Morgan fingerprint density at radius 1 is 1.13 bits per heavy atom. The molecule has 1 saturated carbocycles. The van der Waals surface area contributed by atoms with E-state index in [4.69, 9.17) is 9.47 Å². The number of sulfonamides is 1. The van der Waals surface area contributed by atoms with Crippen LogP contribution in [0.2, 0.25) is 0 Å². The average Bonchev–Trinajstić information content (AvgIpc) is 3.70. The van der Waals surface area contributed by atoms with Crippen LogP contribution in [-0.2, 0) is 35.6 Å². The largest absolute Gasteiger partial charge is 0.472 e. The van der Waals surface area contributed by atoms with Gasteiger partial charge in [0.15, 0.2) is 0 Å². The molecule has 1 saturated heterocycles. The van der Waals surface area contributed by atoms with E-state index in [-0.39, 0.29) is 30.9 Å². The summed E-state index contributed by atoms with van der Waals surface area (Å²) in [6.07, 6.45) is 6.85. The van der Waals surface area contributed by atoms with Gasteiger partial charge in [-0.05, 0) is 80.2 Å². The van der Waals surface area contributed by atoms with Crippen molar-refractivity contribution >= 4 is 44.6 Å². The van der Waals surface area contributed by atoms with Crippen molar-refractivity contribution in [1.29, 1.82) is 0 Å².